The lowest BCUT2D eigenvalue weighted by molar-refractivity contribution is -0.00138. The van der Waals surface area contributed by atoms with Gasteiger partial charge in [-0.3, -0.25) is 0 Å². The van der Waals surface area contributed by atoms with Crippen molar-refractivity contribution in [2.45, 2.75) is 18.9 Å². The third-order valence-corrected chi connectivity index (χ3v) is 4.38. The van der Waals surface area contributed by atoms with Gasteiger partial charge in [0.1, 0.15) is 11.9 Å². The van der Waals surface area contributed by atoms with Gasteiger partial charge in [-0.15, -0.1) is 0 Å². The number of hydrogen-bond acceptors (Lipinski definition) is 3. The molecule has 1 aromatic rings. The number of aliphatic hydroxyl groups excluding tert-OH is 1. The lowest BCUT2D eigenvalue weighted by atomic mass is 9.92. The maximum absolute atomic E-state index is 10.1. The van der Waals surface area contributed by atoms with Crippen LogP contribution >= 0.6 is 31.9 Å². The molecule has 1 saturated heterocycles. The molecular formula is C10H12Br2O3. The summed E-state index contributed by atoms with van der Waals surface area (Å²) in [5.41, 5.74) is 0. The molecule has 0 aliphatic carbocycles. The molecule has 15 heavy (non-hydrogen) atoms. The number of furan rings is 1. The Bertz CT molecular complexity index is 312. The number of aliphatic hydroxyl groups is 1. The molecule has 2 rings (SSSR count). The first-order valence-corrected chi connectivity index (χ1v) is 6.47. The Morgan fingerprint density at radius 2 is 2.00 bits per heavy atom. The highest BCUT2D eigenvalue weighted by Crippen LogP contribution is 2.35. The Morgan fingerprint density at radius 1 is 1.33 bits per heavy atom. The first kappa shape index (κ1) is 11.6. The molecule has 0 aromatic carbocycles. The van der Waals surface area contributed by atoms with Gasteiger partial charge in [-0.1, -0.05) is 0 Å². The van der Waals surface area contributed by atoms with E-state index in [4.69, 9.17) is 9.15 Å². The molecule has 3 nitrogen and oxygen atoms in total. The lowest BCUT2D eigenvalue weighted by Crippen LogP contribution is -2.21. The number of halogens is 2. The van der Waals surface area contributed by atoms with Gasteiger partial charge in [0, 0.05) is 13.2 Å². The minimum atomic E-state index is -0.531. The van der Waals surface area contributed by atoms with Crippen molar-refractivity contribution in [3.8, 4) is 0 Å². The van der Waals surface area contributed by atoms with Crippen LogP contribution in [0, 0.1) is 5.92 Å². The van der Waals surface area contributed by atoms with E-state index < -0.39 is 6.10 Å². The largest absolute Gasteiger partial charge is 0.450 e. The topological polar surface area (TPSA) is 42.6 Å². The van der Waals surface area contributed by atoms with Gasteiger partial charge in [0.2, 0.25) is 0 Å². The molecule has 1 atom stereocenters. The van der Waals surface area contributed by atoms with Crippen LogP contribution in [-0.2, 0) is 4.74 Å². The zero-order valence-corrected chi connectivity index (χ0v) is 11.3. The van der Waals surface area contributed by atoms with E-state index in [1.54, 1.807) is 0 Å². The van der Waals surface area contributed by atoms with E-state index in [1.165, 1.54) is 0 Å². The van der Waals surface area contributed by atoms with E-state index in [1.807, 2.05) is 6.07 Å². The second-order valence-corrected chi connectivity index (χ2v) is 5.24. The molecule has 1 unspecified atom stereocenters. The van der Waals surface area contributed by atoms with Gasteiger partial charge in [-0.2, -0.15) is 0 Å². The van der Waals surface area contributed by atoms with Crippen molar-refractivity contribution >= 4 is 31.9 Å². The van der Waals surface area contributed by atoms with Crippen LogP contribution in [0.1, 0.15) is 24.7 Å². The van der Waals surface area contributed by atoms with Crippen LogP contribution in [0.4, 0.5) is 0 Å². The van der Waals surface area contributed by atoms with Crippen LogP contribution in [0.15, 0.2) is 19.6 Å². The second-order valence-electron chi connectivity index (χ2n) is 3.67. The van der Waals surface area contributed by atoms with Crippen LogP contribution in [0.25, 0.3) is 0 Å². The summed E-state index contributed by atoms with van der Waals surface area (Å²) in [4.78, 5) is 0. The highest BCUT2D eigenvalue weighted by Gasteiger charge is 2.26. The van der Waals surface area contributed by atoms with E-state index in [0.29, 0.717) is 10.4 Å². The van der Waals surface area contributed by atoms with Crippen molar-refractivity contribution in [3.63, 3.8) is 0 Å². The molecular weight excluding hydrogens is 328 g/mol. The van der Waals surface area contributed by atoms with Gasteiger partial charge in [0.05, 0.1) is 4.47 Å². The Labute approximate surface area is 105 Å². The molecule has 1 aliphatic rings. The summed E-state index contributed by atoms with van der Waals surface area (Å²) in [6.45, 7) is 1.45. The zero-order chi connectivity index (χ0) is 10.8. The van der Waals surface area contributed by atoms with Gasteiger partial charge in [-0.05, 0) is 56.7 Å². The summed E-state index contributed by atoms with van der Waals surface area (Å²) in [7, 11) is 0. The average Bonchev–Trinajstić information content (AvgIpc) is 2.59. The monoisotopic (exact) mass is 338 g/mol. The average molecular weight is 340 g/mol. The second kappa shape index (κ2) is 4.99. The van der Waals surface area contributed by atoms with E-state index in [9.17, 15) is 5.11 Å². The van der Waals surface area contributed by atoms with Gasteiger partial charge >= 0.3 is 0 Å². The standard InChI is InChI=1S/C10H12Br2O3/c11-7-5-8(15-10(7)12)9(13)6-1-3-14-4-2-6/h5-6,9,13H,1-4H2. The van der Waals surface area contributed by atoms with Crippen LogP contribution in [0.3, 0.4) is 0 Å². The fraction of sp³-hybridized carbons (Fsp3) is 0.600. The number of hydrogen-bond donors (Lipinski definition) is 1. The van der Waals surface area contributed by atoms with E-state index in [-0.39, 0.29) is 5.92 Å². The fourth-order valence-corrected chi connectivity index (χ4v) is 2.38. The van der Waals surface area contributed by atoms with Crippen molar-refractivity contribution in [3.05, 3.63) is 21.0 Å². The summed E-state index contributed by atoms with van der Waals surface area (Å²) in [6.07, 6.45) is 1.24. The molecule has 2 heterocycles. The Morgan fingerprint density at radius 3 is 2.53 bits per heavy atom. The molecule has 1 fully saturated rings. The quantitative estimate of drug-likeness (QED) is 0.899. The highest BCUT2D eigenvalue weighted by atomic mass is 79.9. The van der Waals surface area contributed by atoms with Gasteiger partial charge in [0.25, 0.3) is 0 Å². The maximum Gasteiger partial charge on any atom is 0.183 e. The maximum atomic E-state index is 10.1. The molecule has 0 bridgehead atoms. The smallest absolute Gasteiger partial charge is 0.183 e. The summed E-state index contributed by atoms with van der Waals surface area (Å²) in [5, 5.41) is 10.1. The van der Waals surface area contributed by atoms with Crippen LogP contribution in [0.5, 0.6) is 0 Å². The molecule has 1 aliphatic heterocycles. The van der Waals surface area contributed by atoms with E-state index in [0.717, 1.165) is 30.5 Å². The predicted octanol–water partition coefficient (Wildman–Crippen LogP) is 3.26. The summed E-state index contributed by atoms with van der Waals surface area (Å²) in [6, 6.07) is 1.81. The van der Waals surface area contributed by atoms with Crippen LogP contribution < -0.4 is 0 Å². The highest BCUT2D eigenvalue weighted by molar-refractivity contribution is 9.13. The normalized spacial score (nSPS) is 20.5. The molecule has 0 amide bonds. The molecule has 1 aromatic heterocycles. The molecule has 0 radical (unpaired) electrons. The van der Waals surface area contributed by atoms with Crippen molar-refractivity contribution in [2.24, 2.45) is 5.92 Å². The SMILES string of the molecule is OC(c1cc(Br)c(Br)o1)C1CCOCC1. The summed E-state index contributed by atoms with van der Waals surface area (Å²) in [5.74, 6) is 0.851. The minimum Gasteiger partial charge on any atom is -0.450 e. The Kier molecular flexibility index (Phi) is 3.88. The first-order chi connectivity index (χ1) is 7.18. The number of rotatable bonds is 2. The number of ether oxygens (including phenoxy) is 1. The zero-order valence-electron chi connectivity index (χ0n) is 8.08. The van der Waals surface area contributed by atoms with E-state index in [2.05, 4.69) is 31.9 Å². The van der Waals surface area contributed by atoms with Crippen molar-refractivity contribution < 1.29 is 14.3 Å². The summed E-state index contributed by atoms with van der Waals surface area (Å²) < 4.78 is 12.1. The predicted molar refractivity (Wildman–Crippen MR) is 62.6 cm³/mol. The first-order valence-electron chi connectivity index (χ1n) is 4.89. The molecule has 0 spiro atoms. The summed E-state index contributed by atoms with van der Waals surface area (Å²) >= 11 is 6.59. The minimum absolute atomic E-state index is 0.240. The van der Waals surface area contributed by atoms with Crippen LogP contribution in [0.2, 0.25) is 0 Å². The van der Waals surface area contributed by atoms with Gasteiger partial charge in [-0.25, -0.2) is 0 Å². The van der Waals surface area contributed by atoms with Crippen molar-refractivity contribution in [2.75, 3.05) is 13.2 Å². The Balaban J connectivity index is 2.08. The van der Waals surface area contributed by atoms with Crippen molar-refractivity contribution in [1.82, 2.24) is 0 Å². The van der Waals surface area contributed by atoms with Crippen LogP contribution in [-0.4, -0.2) is 18.3 Å². The van der Waals surface area contributed by atoms with E-state index >= 15 is 0 Å². The third-order valence-electron chi connectivity index (χ3n) is 2.67. The molecule has 1 N–H and O–H groups in total. The van der Waals surface area contributed by atoms with Gasteiger partial charge in [0.15, 0.2) is 4.67 Å². The molecule has 0 saturated carbocycles. The van der Waals surface area contributed by atoms with Gasteiger partial charge < -0.3 is 14.3 Å². The molecule has 5 heteroatoms. The third kappa shape index (κ3) is 2.64. The van der Waals surface area contributed by atoms with Crippen molar-refractivity contribution in [1.29, 1.82) is 0 Å². The fourth-order valence-electron chi connectivity index (χ4n) is 1.77. The molecule has 84 valence electrons. The Hall–Kier alpha value is 0.160. The lowest BCUT2D eigenvalue weighted by Gasteiger charge is -2.25.